The summed E-state index contributed by atoms with van der Waals surface area (Å²) in [5.74, 6) is 0. The quantitative estimate of drug-likeness (QED) is 0.769. The molecule has 0 aliphatic carbocycles. The van der Waals surface area contributed by atoms with E-state index in [0.29, 0.717) is 0 Å². The molecule has 0 atom stereocenters. The summed E-state index contributed by atoms with van der Waals surface area (Å²) in [6.45, 7) is 2.13. The highest BCUT2D eigenvalue weighted by molar-refractivity contribution is 7.89. The fourth-order valence-corrected chi connectivity index (χ4v) is 3.87. The van der Waals surface area contributed by atoms with Gasteiger partial charge in [0.1, 0.15) is 0 Å². The van der Waals surface area contributed by atoms with Gasteiger partial charge in [-0.25, -0.2) is 13.1 Å². The maximum atomic E-state index is 12.3. The van der Waals surface area contributed by atoms with Gasteiger partial charge >= 0.3 is 0 Å². The monoisotopic (exact) mass is 344 g/mol. The van der Waals surface area contributed by atoms with Crippen molar-refractivity contribution in [2.24, 2.45) is 0 Å². The van der Waals surface area contributed by atoms with E-state index >= 15 is 0 Å². The molecule has 1 N–H and O–H groups in total. The molecule has 3 aromatic rings. The predicted octanol–water partition coefficient (Wildman–Crippen LogP) is 3.60. The van der Waals surface area contributed by atoms with Crippen molar-refractivity contribution in [1.29, 1.82) is 0 Å². The van der Waals surface area contributed by atoms with Crippen molar-refractivity contribution in [2.75, 3.05) is 0 Å². The highest BCUT2D eigenvalue weighted by atomic mass is 32.2. The minimum absolute atomic E-state index is 0.211. The third kappa shape index (κ3) is 3.85. The number of aromatic nitrogens is 1. The number of aryl methyl sites for hydroxylation is 1. The van der Waals surface area contributed by atoms with E-state index < -0.39 is 10.0 Å². The Bertz CT molecular complexity index is 887. The lowest BCUT2D eigenvalue weighted by Gasteiger charge is -2.08. The Morgan fingerprint density at radius 3 is 2.61 bits per heavy atom. The van der Waals surface area contributed by atoms with E-state index in [0.717, 1.165) is 21.6 Å². The van der Waals surface area contributed by atoms with E-state index in [4.69, 9.17) is 0 Å². The zero-order chi connectivity index (χ0) is 16.3. The molecule has 2 heterocycles. The fourth-order valence-electron chi connectivity index (χ4n) is 2.14. The van der Waals surface area contributed by atoms with E-state index in [9.17, 15) is 8.42 Å². The summed E-state index contributed by atoms with van der Waals surface area (Å²) in [5, 5.41) is 2.00. The van der Waals surface area contributed by atoms with Crippen LogP contribution in [-0.2, 0) is 16.6 Å². The molecule has 118 valence electrons. The predicted molar refractivity (Wildman–Crippen MR) is 92.8 cm³/mol. The molecule has 4 nitrogen and oxygen atoms in total. The Hall–Kier alpha value is -2.02. The summed E-state index contributed by atoms with van der Waals surface area (Å²) < 4.78 is 27.2. The zero-order valence-electron chi connectivity index (χ0n) is 12.6. The summed E-state index contributed by atoms with van der Waals surface area (Å²) in [5.41, 5.74) is 2.84. The number of hydrogen-bond acceptors (Lipinski definition) is 4. The van der Waals surface area contributed by atoms with Crippen LogP contribution in [-0.4, -0.2) is 13.4 Å². The first-order valence-electron chi connectivity index (χ1n) is 7.09. The third-order valence-electron chi connectivity index (χ3n) is 3.40. The average molecular weight is 344 g/mol. The van der Waals surface area contributed by atoms with Crippen LogP contribution in [0.2, 0.25) is 0 Å². The summed E-state index contributed by atoms with van der Waals surface area (Å²) in [6, 6.07) is 12.7. The van der Waals surface area contributed by atoms with Crippen LogP contribution in [0.3, 0.4) is 0 Å². The number of benzene rings is 1. The Labute approximate surface area is 139 Å². The molecule has 0 unspecified atom stereocenters. The molecule has 23 heavy (non-hydrogen) atoms. The van der Waals surface area contributed by atoms with Gasteiger partial charge in [-0.3, -0.25) is 4.98 Å². The van der Waals surface area contributed by atoms with Crippen molar-refractivity contribution in [3.8, 4) is 10.4 Å². The molecule has 2 aromatic heterocycles. The second kappa shape index (κ2) is 6.62. The van der Waals surface area contributed by atoms with E-state index in [1.54, 1.807) is 48.0 Å². The largest absolute Gasteiger partial charge is 0.264 e. The molecule has 0 radical (unpaired) electrons. The van der Waals surface area contributed by atoms with Crippen LogP contribution in [0.4, 0.5) is 0 Å². The van der Waals surface area contributed by atoms with Gasteiger partial charge < -0.3 is 0 Å². The van der Waals surface area contributed by atoms with Crippen molar-refractivity contribution in [2.45, 2.75) is 18.4 Å². The van der Waals surface area contributed by atoms with Crippen LogP contribution < -0.4 is 4.72 Å². The van der Waals surface area contributed by atoms with Crippen LogP contribution in [0.1, 0.15) is 11.1 Å². The minimum Gasteiger partial charge on any atom is -0.264 e. The molecule has 0 saturated carbocycles. The lowest BCUT2D eigenvalue weighted by atomic mass is 10.2. The molecule has 6 heteroatoms. The van der Waals surface area contributed by atoms with Gasteiger partial charge in [-0.2, -0.15) is 0 Å². The summed E-state index contributed by atoms with van der Waals surface area (Å²) >= 11 is 1.63. The topological polar surface area (TPSA) is 59.1 Å². The first-order chi connectivity index (χ1) is 11.0. The van der Waals surface area contributed by atoms with Gasteiger partial charge in [0.2, 0.25) is 10.0 Å². The fraction of sp³-hybridized carbons (Fsp3) is 0.118. The van der Waals surface area contributed by atoms with Crippen LogP contribution in [0.25, 0.3) is 10.4 Å². The molecule has 3 rings (SSSR count). The molecule has 0 saturated heterocycles. The Morgan fingerprint density at radius 2 is 1.91 bits per heavy atom. The number of nitrogens with zero attached hydrogens (tertiary/aromatic N) is 1. The Balaban J connectivity index is 1.75. The first kappa shape index (κ1) is 15.9. The van der Waals surface area contributed by atoms with E-state index in [2.05, 4.69) is 9.71 Å². The average Bonchev–Trinajstić information content (AvgIpc) is 3.08. The molecular formula is C17H16N2O2S2. The second-order valence-electron chi connectivity index (χ2n) is 5.20. The second-order valence-corrected chi connectivity index (χ2v) is 7.91. The zero-order valence-corrected chi connectivity index (χ0v) is 14.2. The van der Waals surface area contributed by atoms with Gasteiger partial charge in [0.15, 0.2) is 0 Å². The van der Waals surface area contributed by atoms with E-state index in [1.807, 2.05) is 30.5 Å². The number of hydrogen-bond donors (Lipinski definition) is 1. The molecule has 0 bridgehead atoms. The maximum Gasteiger partial charge on any atom is 0.240 e. The van der Waals surface area contributed by atoms with Gasteiger partial charge in [0.05, 0.1) is 4.90 Å². The molecule has 0 fully saturated rings. The van der Waals surface area contributed by atoms with Crippen molar-refractivity contribution in [3.05, 3.63) is 71.4 Å². The summed E-state index contributed by atoms with van der Waals surface area (Å²) in [4.78, 5) is 5.58. The smallest absolute Gasteiger partial charge is 0.240 e. The molecule has 0 aliphatic heterocycles. The number of rotatable bonds is 5. The van der Waals surface area contributed by atoms with E-state index in [-0.39, 0.29) is 11.4 Å². The summed E-state index contributed by atoms with van der Waals surface area (Å²) in [6.07, 6.45) is 3.46. The van der Waals surface area contributed by atoms with Gasteiger partial charge in [-0.05, 0) is 42.1 Å². The van der Waals surface area contributed by atoms with Crippen LogP contribution >= 0.6 is 11.3 Å². The Kier molecular flexibility index (Phi) is 4.56. The lowest BCUT2D eigenvalue weighted by Crippen LogP contribution is -2.23. The third-order valence-corrected chi connectivity index (χ3v) is 5.73. The summed E-state index contributed by atoms with van der Waals surface area (Å²) in [7, 11) is -3.52. The standard InChI is InChI=1S/C17H16N2O2S2/c1-13-4-6-16(7-5-13)23(20,21)19-11-14-9-15(12-18-10-14)17-3-2-8-22-17/h2-10,12,19H,11H2,1H3. The van der Waals surface area contributed by atoms with Gasteiger partial charge in [0, 0.05) is 29.4 Å². The molecule has 0 aliphatic rings. The van der Waals surface area contributed by atoms with Crippen molar-refractivity contribution >= 4 is 21.4 Å². The number of thiophene rings is 1. The van der Waals surface area contributed by atoms with Crippen LogP contribution in [0.5, 0.6) is 0 Å². The Morgan fingerprint density at radius 1 is 1.13 bits per heavy atom. The minimum atomic E-state index is -3.52. The molecular weight excluding hydrogens is 328 g/mol. The van der Waals surface area contributed by atoms with Crippen molar-refractivity contribution in [3.63, 3.8) is 0 Å². The number of sulfonamides is 1. The number of pyridine rings is 1. The molecule has 1 aromatic carbocycles. The first-order valence-corrected chi connectivity index (χ1v) is 9.45. The van der Waals surface area contributed by atoms with Crippen molar-refractivity contribution in [1.82, 2.24) is 9.71 Å². The highest BCUT2D eigenvalue weighted by Crippen LogP contribution is 2.24. The van der Waals surface area contributed by atoms with Crippen LogP contribution in [0, 0.1) is 6.92 Å². The van der Waals surface area contributed by atoms with Crippen molar-refractivity contribution < 1.29 is 8.42 Å². The molecule has 0 spiro atoms. The van der Waals surface area contributed by atoms with E-state index in [1.165, 1.54) is 0 Å². The maximum absolute atomic E-state index is 12.3. The molecule has 0 amide bonds. The van der Waals surface area contributed by atoms with Crippen LogP contribution in [0.15, 0.2) is 65.1 Å². The number of nitrogens with one attached hydrogen (secondary N) is 1. The normalized spacial score (nSPS) is 11.5. The lowest BCUT2D eigenvalue weighted by molar-refractivity contribution is 0.581. The SMILES string of the molecule is Cc1ccc(S(=O)(=O)NCc2cncc(-c3cccs3)c2)cc1. The van der Waals surface area contributed by atoms with Gasteiger partial charge in [-0.15, -0.1) is 11.3 Å². The van der Waals surface area contributed by atoms with Gasteiger partial charge in [0.25, 0.3) is 0 Å². The highest BCUT2D eigenvalue weighted by Gasteiger charge is 2.13. The van der Waals surface area contributed by atoms with Gasteiger partial charge in [-0.1, -0.05) is 23.8 Å².